The molecule has 1 saturated heterocycles. The number of hydrogen-bond acceptors (Lipinski definition) is 17. The summed E-state index contributed by atoms with van der Waals surface area (Å²) in [6, 6.07) is 0. The third-order valence-corrected chi connectivity index (χ3v) is 10.8. The minimum absolute atomic E-state index is 0.00282. The first-order chi connectivity index (χ1) is 27.7. The van der Waals surface area contributed by atoms with Gasteiger partial charge >= 0.3 is 0 Å². The highest BCUT2D eigenvalue weighted by Crippen LogP contribution is 2.32. The molecule has 1 heterocycles. The van der Waals surface area contributed by atoms with Crippen molar-refractivity contribution in [1.29, 1.82) is 0 Å². The van der Waals surface area contributed by atoms with Gasteiger partial charge in [-0.2, -0.15) is 5.06 Å². The zero-order valence-electron chi connectivity index (χ0n) is 38.5. The molecule has 2 fully saturated rings. The lowest BCUT2D eigenvalue weighted by atomic mass is 9.78. The summed E-state index contributed by atoms with van der Waals surface area (Å²) < 4.78 is 0. The van der Waals surface area contributed by atoms with Crippen molar-refractivity contribution >= 4 is 0 Å². The number of nitrogens with one attached hydrogen (secondary N) is 3. The van der Waals surface area contributed by atoms with Gasteiger partial charge in [0.2, 0.25) is 0 Å². The van der Waals surface area contributed by atoms with E-state index in [1.807, 2.05) is 56.7 Å². The van der Waals surface area contributed by atoms with E-state index in [2.05, 4.69) is 22.9 Å². The van der Waals surface area contributed by atoms with Crippen LogP contribution in [0.5, 0.6) is 0 Å². The van der Waals surface area contributed by atoms with Gasteiger partial charge in [-0.15, -0.1) is 0 Å². The molecule has 17 nitrogen and oxygen atoms in total. The summed E-state index contributed by atoms with van der Waals surface area (Å²) in [7, 11) is 3.90. The van der Waals surface area contributed by atoms with E-state index in [0.29, 0.717) is 65.2 Å². The molecule has 1 saturated carbocycles. The highest BCUT2D eigenvalue weighted by Gasteiger charge is 2.33. The van der Waals surface area contributed by atoms with Gasteiger partial charge < -0.3 is 68.9 Å². The zero-order chi connectivity index (χ0) is 45.0. The smallest absolute Gasteiger partial charge is 0.0934 e. The Hall–Kier alpha value is -0.680. The van der Waals surface area contributed by atoms with Crippen LogP contribution in [0.25, 0.3) is 0 Å². The first kappa shape index (κ1) is 58.3. The van der Waals surface area contributed by atoms with Crippen LogP contribution in [0.1, 0.15) is 112 Å². The van der Waals surface area contributed by atoms with E-state index in [0.717, 1.165) is 64.6 Å². The van der Waals surface area contributed by atoms with Crippen molar-refractivity contribution < 1.29 is 40.6 Å². The largest absolute Gasteiger partial charge is 0.395 e. The van der Waals surface area contributed by atoms with E-state index >= 15 is 0 Å². The van der Waals surface area contributed by atoms with Gasteiger partial charge in [0.25, 0.3) is 0 Å². The normalized spacial score (nSPS) is 22.1. The summed E-state index contributed by atoms with van der Waals surface area (Å²) in [6.45, 7) is 16.5. The topological polar surface area (TPSA) is 275 Å². The van der Waals surface area contributed by atoms with Crippen molar-refractivity contribution in [3.8, 4) is 0 Å². The lowest BCUT2D eigenvalue weighted by molar-refractivity contribution is -0.211. The molecule has 5 unspecified atom stereocenters. The number of aliphatic hydroxyl groups is 7. The predicted molar refractivity (Wildman–Crippen MR) is 239 cm³/mol. The van der Waals surface area contributed by atoms with Crippen LogP contribution in [0.2, 0.25) is 0 Å². The van der Waals surface area contributed by atoms with Crippen molar-refractivity contribution in [2.24, 2.45) is 17.2 Å². The second-order valence-electron chi connectivity index (χ2n) is 18.9. The Morgan fingerprint density at radius 2 is 1.19 bits per heavy atom. The first-order valence-corrected chi connectivity index (χ1v) is 22.4. The van der Waals surface area contributed by atoms with Crippen molar-refractivity contribution in [3.63, 3.8) is 0 Å². The predicted octanol–water partition coefficient (Wildman–Crippen LogP) is -1.12. The molecule has 59 heavy (non-hydrogen) atoms. The molecule has 0 aromatic carbocycles. The molecular formula is C42H95N9O8. The van der Waals surface area contributed by atoms with Crippen LogP contribution in [-0.2, 0) is 4.84 Å². The van der Waals surface area contributed by atoms with Gasteiger partial charge in [0.05, 0.1) is 57.4 Å². The third-order valence-electron chi connectivity index (χ3n) is 10.8. The van der Waals surface area contributed by atoms with Crippen LogP contribution in [0, 0.1) is 0 Å². The van der Waals surface area contributed by atoms with E-state index in [-0.39, 0.29) is 43.6 Å². The number of hydrogen-bond donors (Lipinski definition) is 13. The second kappa shape index (κ2) is 32.0. The number of likely N-dealkylation sites (N-methyl/N-ethyl adjacent to an activating group) is 1. The quantitative estimate of drug-likeness (QED) is 0.0460. The molecule has 1 aliphatic heterocycles. The molecule has 0 aromatic heterocycles. The minimum Gasteiger partial charge on any atom is -0.395 e. The molecule has 0 amide bonds. The monoisotopic (exact) mass is 854 g/mol. The van der Waals surface area contributed by atoms with Gasteiger partial charge in [-0.05, 0) is 107 Å². The third kappa shape index (κ3) is 31.8. The number of nitrogens with zero attached hydrogens (tertiary/aromatic N) is 3. The summed E-state index contributed by atoms with van der Waals surface area (Å²) >= 11 is 0. The maximum Gasteiger partial charge on any atom is 0.0934 e. The average Bonchev–Trinajstić information content (AvgIpc) is 3.19. The number of rotatable bonds is 26. The van der Waals surface area contributed by atoms with E-state index in [1.54, 1.807) is 0 Å². The van der Waals surface area contributed by atoms with Crippen LogP contribution in [0.15, 0.2) is 0 Å². The maximum absolute atomic E-state index is 10.4. The molecular weight excluding hydrogens is 759 g/mol. The fourth-order valence-corrected chi connectivity index (χ4v) is 8.07. The Morgan fingerprint density at radius 1 is 0.712 bits per heavy atom. The van der Waals surface area contributed by atoms with Gasteiger partial charge in [0.1, 0.15) is 0 Å². The number of hydroxylamine groups is 2. The average molecular weight is 854 g/mol. The molecule has 0 aromatic rings. The highest BCUT2D eigenvalue weighted by atomic mass is 16.7. The number of aliphatic hydroxyl groups excluding tert-OH is 7. The fraction of sp³-hybridized carbons (Fsp3) is 1.00. The molecule has 0 radical (unpaired) electrons. The van der Waals surface area contributed by atoms with Crippen LogP contribution >= 0.6 is 0 Å². The molecule has 17 heteroatoms. The second-order valence-corrected chi connectivity index (χ2v) is 18.9. The molecule has 0 bridgehead atoms. The zero-order valence-corrected chi connectivity index (χ0v) is 38.5. The van der Waals surface area contributed by atoms with Crippen molar-refractivity contribution in [1.82, 2.24) is 30.8 Å². The Bertz CT molecular complexity index is 975. The van der Waals surface area contributed by atoms with Gasteiger partial charge in [-0.1, -0.05) is 25.7 Å². The Kier molecular flexibility index (Phi) is 31.7. The maximum atomic E-state index is 10.4. The standard InChI is InChI=1S/C18H41N5O2.C14H30N2O3.C10H24N2O3/c1-17(2,19)11-15(24)14-23(10-9-21-4)25-16-12-18(3,20)7-5-6-8-22-13-16;1-15-14(5-3-2-4-6-14)11-13(19)12-16(7-9-17)8-10-18;1-10(2,11)7-9(15)8-12(3-5-13)4-6-14/h15-16,21-22,24H,5-14,19-20H2,1-4H3;13,15,17-19H,2-12H2,1H3;9,13-15H,3-8,11H2,1-2H3. The molecule has 5 atom stereocenters. The van der Waals surface area contributed by atoms with Crippen molar-refractivity contribution in [2.75, 3.05) is 113 Å². The Morgan fingerprint density at radius 3 is 1.64 bits per heavy atom. The summed E-state index contributed by atoms with van der Waals surface area (Å²) in [5.74, 6) is 0. The van der Waals surface area contributed by atoms with E-state index in [9.17, 15) is 15.3 Å². The summed E-state index contributed by atoms with van der Waals surface area (Å²) in [5.41, 5.74) is 17.3. The summed E-state index contributed by atoms with van der Waals surface area (Å²) in [5, 5.41) is 77.8. The Labute approximate surface area is 358 Å². The van der Waals surface area contributed by atoms with Crippen LogP contribution < -0.4 is 33.2 Å². The SMILES string of the molecule is CC(C)(N)CC(O)CN(CCO)CCO.CNC1(CC(O)CN(CCO)CCO)CCCCC1.CNCCN(CC(O)CC(C)(C)N)OC1CNCCCCC(C)(N)C1. The van der Waals surface area contributed by atoms with Crippen LogP contribution in [0.3, 0.4) is 0 Å². The van der Waals surface area contributed by atoms with Gasteiger partial charge in [-0.3, -0.25) is 14.6 Å². The Balaban J connectivity index is 0.000000887. The summed E-state index contributed by atoms with van der Waals surface area (Å²) in [6.07, 6.45) is 10.4. The summed E-state index contributed by atoms with van der Waals surface area (Å²) in [4.78, 5) is 9.98. The molecule has 356 valence electrons. The van der Waals surface area contributed by atoms with Gasteiger partial charge in [-0.25, -0.2) is 0 Å². The van der Waals surface area contributed by atoms with Crippen molar-refractivity contribution in [3.05, 3.63) is 0 Å². The van der Waals surface area contributed by atoms with Gasteiger partial charge in [0, 0.05) is 81.1 Å². The van der Waals surface area contributed by atoms with E-state index in [1.165, 1.54) is 19.3 Å². The fourth-order valence-electron chi connectivity index (χ4n) is 8.07. The molecule has 2 rings (SSSR count). The van der Waals surface area contributed by atoms with Crippen molar-refractivity contribution in [2.45, 2.75) is 158 Å². The first-order valence-electron chi connectivity index (χ1n) is 22.4. The lowest BCUT2D eigenvalue weighted by Crippen LogP contribution is -2.49. The molecule has 0 spiro atoms. The minimum atomic E-state index is -0.525. The van der Waals surface area contributed by atoms with Crippen LogP contribution in [0.4, 0.5) is 0 Å². The molecule has 16 N–H and O–H groups in total. The van der Waals surface area contributed by atoms with Gasteiger partial charge in [0.15, 0.2) is 0 Å². The molecule has 1 aliphatic carbocycles. The van der Waals surface area contributed by atoms with E-state index < -0.39 is 29.4 Å². The highest BCUT2D eigenvalue weighted by molar-refractivity contribution is 4.92. The number of nitrogens with two attached hydrogens (primary N) is 3. The lowest BCUT2D eigenvalue weighted by Gasteiger charge is -2.39. The molecule has 2 aliphatic rings. The van der Waals surface area contributed by atoms with E-state index in [4.69, 9.17) is 42.5 Å². The van der Waals surface area contributed by atoms with Crippen LogP contribution in [-0.4, -0.2) is 210 Å².